The van der Waals surface area contributed by atoms with Crippen LogP contribution in [0.5, 0.6) is 0 Å². The minimum absolute atomic E-state index is 0.984. The molecule has 0 unspecified atom stereocenters. The van der Waals surface area contributed by atoms with E-state index < -0.39 is 0 Å². The molecule has 0 saturated heterocycles. The van der Waals surface area contributed by atoms with E-state index in [-0.39, 0.29) is 0 Å². The molecule has 0 aliphatic heterocycles. The van der Waals surface area contributed by atoms with Crippen molar-refractivity contribution in [3.05, 3.63) is 60.2 Å². The second-order valence-electron chi connectivity index (χ2n) is 3.96. The van der Waals surface area contributed by atoms with Gasteiger partial charge in [-0.05, 0) is 23.6 Å². The molecule has 1 heteroatoms. The van der Waals surface area contributed by atoms with Gasteiger partial charge >= 0.3 is 0 Å². The number of aliphatic imine (C=N–C) groups is 1. The van der Waals surface area contributed by atoms with Crippen LogP contribution in [0.4, 0.5) is 0 Å². The first-order valence-electron chi connectivity index (χ1n) is 6.58. The van der Waals surface area contributed by atoms with E-state index in [9.17, 15) is 0 Å². The molecule has 0 aliphatic carbocycles. The van der Waals surface area contributed by atoms with Crippen LogP contribution < -0.4 is 0 Å². The van der Waals surface area contributed by atoms with Gasteiger partial charge in [0.2, 0.25) is 0 Å². The summed E-state index contributed by atoms with van der Waals surface area (Å²) in [6, 6.07) is 8.49. The molecule has 0 bridgehead atoms. The van der Waals surface area contributed by atoms with E-state index in [4.69, 9.17) is 0 Å². The molecular formula is C17H25N. The quantitative estimate of drug-likeness (QED) is 0.530. The maximum absolute atomic E-state index is 4.23. The van der Waals surface area contributed by atoms with E-state index >= 15 is 0 Å². The fourth-order valence-corrected chi connectivity index (χ4v) is 1.37. The van der Waals surface area contributed by atoms with Gasteiger partial charge < -0.3 is 0 Å². The predicted octanol–water partition coefficient (Wildman–Crippen LogP) is 4.83. The Bertz CT molecular complexity index is 383. The molecule has 0 radical (unpaired) electrons. The Morgan fingerprint density at radius 1 is 1.17 bits per heavy atom. The molecular weight excluding hydrogens is 218 g/mol. The highest BCUT2D eigenvalue weighted by atomic mass is 14.7. The largest absolute Gasteiger partial charge is 0.288 e. The molecule has 0 saturated carbocycles. The van der Waals surface area contributed by atoms with E-state index in [2.05, 4.69) is 56.6 Å². The van der Waals surface area contributed by atoms with Crippen molar-refractivity contribution in [2.75, 3.05) is 7.05 Å². The number of benzene rings is 1. The van der Waals surface area contributed by atoms with Crippen molar-refractivity contribution in [2.45, 2.75) is 33.6 Å². The second kappa shape index (κ2) is 10.5. The van der Waals surface area contributed by atoms with Gasteiger partial charge in [0.1, 0.15) is 0 Å². The first kappa shape index (κ1) is 16.4. The normalized spacial score (nSPS) is 11.0. The van der Waals surface area contributed by atoms with Crippen LogP contribution in [0.15, 0.2) is 54.1 Å². The summed E-state index contributed by atoms with van der Waals surface area (Å²) in [5, 5.41) is 0. The summed E-state index contributed by atoms with van der Waals surface area (Å²) in [5.41, 5.74) is 3.48. The van der Waals surface area contributed by atoms with Crippen LogP contribution >= 0.6 is 0 Å². The molecule has 1 aromatic carbocycles. The van der Waals surface area contributed by atoms with Gasteiger partial charge in [-0.2, -0.15) is 0 Å². The smallest absolute Gasteiger partial charge is 0.0643 e. The third-order valence-electron chi connectivity index (χ3n) is 2.29. The van der Waals surface area contributed by atoms with E-state index in [1.165, 1.54) is 12.0 Å². The zero-order valence-corrected chi connectivity index (χ0v) is 12.1. The SMILES string of the molecule is C=C/C=C\C(=NC)c1ccc(CC)cc1.CCC. The molecule has 1 nitrogen and oxygen atoms in total. The topological polar surface area (TPSA) is 12.4 Å². The minimum Gasteiger partial charge on any atom is -0.288 e. The molecule has 0 N–H and O–H groups in total. The summed E-state index contributed by atoms with van der Waals surface area (Å²) in [6.45, 7) is 10.1. The fourth-order valence-electron chi connectivity index (χ4n) is 1.37. The highest BCUT2D eigenvalue weighted by molar-refractivity contribution is 6.08. The van der Waals surface area contributed by atoms with Crippen LogP contribution in [0.3, 0.4) is 0 Å². The number of hydrogen-bond acceptors (Lipinski definition) is 1. The minimum atomic E-state index is 0.984. The Morgan fingerprint density at radius 2 is 1.72 bits per heavy atom. The number of allylic oxidation sites excluding steroid dienone is 3. The van der Waals surface area contributed by atoms with Crippen LogP contribution in [0, 0.1) is 0 Å². The van der Waals surface area contributed by atoms with Crippen LogP contribution in [-0.4, -0.2) is 12.8 Å². The maximum atomic E-state index is 4.23. The maximum Gasteiger partial charge on any atom is 0.0643 e. The summed E-state index contributed by atoms with van der Waals surface area (Å²) < 4.78 is 0. The average Bonchev–Trinajstić information content (AvgIpc) is 2.41. The molecule has 0 aromatic heterocycles. The van der Waals surface area contributed by atoms with Crippen molar-refractivity contribution < 1.29 is 0 Å². The van der Waals surface area contributed by atoms with Crippen molar-refractivity contribution in [1.82, 2.24) is 0 Å². The molecule has 0 aliphatic rings. The fraction of sp³-hybridized carbons (Fsp3) is 0.353. The monoisotopic (exact) mass is 243 g/mol. The van der Waals surface area contributed by atoms with Crippen molar-refractivity contribution in [3.8, 4) is 0 Å². The molecule has 98 valence electrons. The van der Waals surface area contributed by atoms with Crippen LogP contribution in [0.1, 0.15) is 38.3 Å². The predicted molar refractivity (Wildman–Crippen MR) is 83.6 cm³/mol. The van der Waals surface area contributed by atoms with Gasteiger partial charge in [-0.3, -0.25) is 4.99 Å². The lowest BCUT2D eigenvalue weighted by Crippen LogP contribution is -1.96. The van der Waals surface area contributed by atoms with E-state index in [1.807, 2.05) is 12.2 Å². The van der Waals surface area contributed by atoms with Crippen LogP contribution in [0.2, 0.25) is 0 Å². The summed E-state index contributed by atoms with van der Waals surface area (Å²) >= 11 is 0. The third kappa shape index (κ3) is 6.19. The highest BCUT2D eigenvalue weighted by Gasteiger charge is 1.97. The second-order valence-corrected chi connectivity index (χ2v) is 3.96. The number of nitrogens with zero attached hydrogens (tertiary/aromatic N) is 1. The summed E-state index contributed by atoms with van der Waals surface area (Å²) in [6.07, 6.45) is 7.94. The first-order valence-corrected chi connectivity index (χ1v) is 6.58. The van der Waals surface area contributed by atoms with Crippen molar-refractivity contribution in [1.29, 1.82) is 0 Å². The van der Waals surface area contributed by atoms with E-state index in [1.54, 1.807) is 13.1 Å². The Balaban J connectivity index is 0.000000873. The Morgan fingerprint density at radius 3 is 2.11 bits per heavy atom. The lowest BCUT2D eigenvalue weighted by molar-refractivity contribution is 1.09. The van der Waals surface area contributed by atoms with Gasteiger partial charge in [-0.15, -0.1) is 0 Å². The van der Waals surface area contributed by atoms with Gasteiger partial charge in [-0.1, -0.05) is 70.2 Å². The number of hydrogen-bond donors (Lipinski definition) is 0. The molecule has 1 rings (SSSR count). The first-order chi connectivity index (χ1) is 8.73. The Hall–Kier alpha value is -1.63. The van der Waals surface area contributed by atoms with Gasteiger partial charge in [0.15, 0.2) is 0 Å². The standard InChI is InChI=1S/C14H17N.C3H8/c1-4-6-7-14(15-3)13-10-8-12(5-2)9-11-13;1-3-2/h4,6-11H,1,5H2,2-3H3;3H2,1-2H3/b7-6-,15-14?;. The number of rotatable bonds is 4. The van der Waals surface area contributed by atoms with E-state index in [0.29, 0.717) is 0 Å². The molecule has 18 heavy (non-hydrogen) atoms. The van der Waals surface area contributed by atoms with Gasteiger partial charge in [0.05, 0.1) is 5.71 Å². The average molecular weight is 243 g/mol. The number of aryl methyl sites for hydroxylation is 1. The van der Waals surface area contributed by atoms with E-state index in [0.717, 1.165) is 17.7 Å². The van der Waals surface area contributed by atoms with Crippen LogP contribution in [-0.2, 0) is 6.42 Å². The Kier molecular flexibility index (Phi) is 9.57. The van der Waals surface area contributed by atoms with Crippen molar-refractivity contribution in [3.63, 3.8) is 0 Å². The lowest BCUT2D eigenvalue weighted by atomic mass is 10.1. The molecule has 0 atom stereocenters. The molecule has 0 amide bonds. The zero-order valence-electron chi connectivity index (χ0n) is 12.1. The van der Waals surface area contributed by atoms with Crippen LogP contribution in [0.25, 0.3) is 0 Å². The van der Waals surface area contributed by atoms with Crippen molar-refractivity contribution >= 4 is 5.71 Å². The third-order valence-corrected chi connectivity index (χ3v) is 2.29. The van der Waals surface area contributed by atoms with Gasteiger partial charge in [0, 0.05) is 7.05 Å². The highest BCUT2D eigenvalue weighted by Crippen LogP contribution is 2.07. The lowest BCUT2D eigenvalue weighted by Gasteiger charge is -2.02. The summed E-state index contributed by atoms with van der Waals surface area (Å²) in [4.78, 5) is 4.23. The van der Waals surface area contributed by atoms with Gasteiger partial charge in [-0.25, -0.2) is 0 Å². The molecule has 0 fully saturated rings. The zero-order chi connectivity index (χ0) is 13.8. The molecule has 1 aromatic rings. The molecule has 0 spiro atoms. The molecule has 0 heterocycles. The summed E-state index contributed by atoms with van der Waals surface area (Å²) in [5.74, 6) is 0. The summed E-state index contributed by atoms with van der Waals surface area (Å²) in [7, 11) is 1.80. The Labute approximate surface area is 112 Å². The van der Waals surface area contributed by atoms with Gasteiger partial charge in [0.25, 0.3) is 0 Å². The van der Waals surface area contributed by atoms with Crippen molar-refractivity contribution in [2.24, 2.45) is 4.99 Å².